The van der Waals surface area contributed by atoms with Crippen molar-refractivity contribution in [3.05, 3.63) is 34.4 Å². The molecule has 2 aliphatic rings. The topological polar surface area (TPSA) is 93.0 Å². The molecule has 2 saturated heterocycles. The van der Waals surface area contributed by atoms with Crippen LogP contribution < -0.4 is 4.90 Å². The highest BCUT2D eigenvalue weighted by molar-refractivity contribution is 6.21. The van der Waals surface area contributed by atoms with Crippen molar-refractivity contribution in [2.45, 2.75) is 18.6 Å². The standard InChI is InChI=1S/C13H13N3O5/c1-21-10-6-11-12(17)15(13(18)14(11)7-10)8-2-4-9(5-3-8)16(19)20/h2-5,10-11H,6-7H2,1H3. The Morgan fingerprint density at radius 1 is 1.29 bits per heavy atom. The van der Waals surface area contributed by atoms with Crippen LogP contribution in [0, 0.1) is 10.1 Å². The van der Waals surface area contributed by atoms with Gasteiger partial charge >= 0.3 is 6.03 Å². The summed E-state index contributed by atoms with van der Waals surface area (Å²) in [6, 6.07) is 4.46. The lowest BCUT2D eigenvalue weighted by molar-refractivity contribution is -0.384. The Morgan fingerprint density at radius 3 is 2.48 bits per heavy atom. The van der Waals surface area contributed by atoms with Crippen molar-refractivity contribution in [2.24, 2.45) is 0 Å². The van der Waals surface area contributed by atoms with Gasteiger partial charge in [0.25, 0.3) is 11.6 Å². The summed E-state index contributed by atoms with van der Waals surface area (Å²) in [5, 5.41) is 10.6. The average Bonchev–Trinajstić information content (AvgIpc) is 3.00. The minimum absolute atomic E-state index is 0.0854. The lowest BCUT2D eigenvalue weighted by atomic mass is 10.2. The van der Waals surface area contributed by atoms with Crippen LogP contribution in [0.1, 0.15) is 6.42 Å². The molecule has 2 fully saturated rings. The molecular weight excluding hydrogens is 278 g/mol. The number of anilines is 1. The van der Waals surface area contributed by atoms with E-state index in [1.54, 1.807) is 7.11 Å². The number of amides is 3. The van der Waals surface area contributed by atoms with Gasteiger partial charge in [-0.25, -0.2) is 9.69 Å². The maximum Gasteiger partial charge on any atom is 0.332 e. The number of benzene rings is 1. The second-order valence-corrected chi connectivity index (χ2v) is 4.99. The molecule has 8 nitrogen and oxygen atoms in total. The van der Waals surface area contributed by atoms with Crippen molar-refractivity contribution in [1.82, 2.24) is 4.90 Å². The van der Waals surface area contributed by atoms with E-state index < -0.39 is 17.0 Å². The highest BCUT2D eigenvalue weighted by Gasteiger charge is 2.51. The molecule has 21 heavy (non-hydrogen) atoms. The number of hydrogen-bond donors (Lipinski definition) is 0. The Kier molecular flexibility index (Phi) is 3.09. The zero-order chi connectivity index (χ0) is 15.1. The summed E-state index contributed by atoms with van der Waals surface area (Å²) in [6.07, 6.45) is 0.354. The maximum absolute atomic E-state index is 12.4. The number of nitro groups is 1. The quantitative estimate of drug-likeness (QED) is 0.473. The van der Waals surface area contributed by atoms with Crippen LogP contribution in [0.15, 0.2) is 24.3 Å². The number of urea groups is 1. The Labute approximate surface area is 120 Å². The van der Waals surface area contributed by atoms with Crippen molar-refractivity contribution in [3.63, 3.8) is 0 Å². The van der Waals surface area contributed by atoms with Gasteiger partial charge < -0.3 is 9.64 Å². The molecule has 1 aromatic rings. The summed E-state index contributed by atoms with van der Waals surface area (Å²) in [5.74, 6) is -0.312. The average molecular weight is 291 g/mol. The zero-order valence-corrected chi connectivity index (χ0v) is 11.3. The molecule has 0 aromatic heterocycles. The fourth-order valence-electron chi connectivity index (χ4n) is 2.75. The molecule has 3 rings (SSSR count). The minimum atomic E-state index is -0.529. The number of hydrogen-bond acceptors (Lipinski definition) is 5. The molecular formula is C13H13N3O5. The van der Waals surface area contributed by atoms with Gasteiger partial charge in [-0.05, 0) is 12.1 Å². The Hall–Kier alpha value is -2.48. The number of methoxy groups -OCH3 is 1. The third kappa shape index (κ3) is 2.04. The summed E-state index contributed by atoms with van der Waals surface area (Å²) < 4.78 is 5.19. The van der Waals surface area contributed by atoms with Crippen LogP contribution in [0.25, 0.3) is 0 Å². The van der Waals surface area contributed by atoms with Crippen molar-refractivity contribution >= 4 is 23.3 Å². The second kappa shape index (κ2) is 4.81. The zero-order valence-electron chi connectivity index (χ0n) is 11.3. The van der Waals surface area contributed by atoms with E-state index >= 15 is 0 Å². The first-order valence-corrected chi connectivity index (χ1v) is 6.44. The molecule has 1 aromatic carbocycles. The van der Waals surface area contributed by atoms with Crippen LogP contribution >= 0.6 is 0 Å². The molecule has 0 radical (unpaired) electrons. The van der Waals surface area contributed by atoms with Gasteiger partial charge in [-0.15, -0.1) is 0 Å². The second-order valence-electron chi connectivity index (χ2n) is 4.99. The lowest BCUT2D eigenvalue weighted by Crippen LogP contribution is -2.35. The molecule has 3 amide bonds. The minimum Gasteiger partial charge on any atom is -0.380 e. The number of rotatable bonds is 3. The monoisotopic (exact) mass is 291 g/mol. The van der Waals surface area contributed by atoms with Crippen molar-refractivity contribution in [3.8, 4) is 0 Å². The number of non-ortho nitro benzene ring substituents is 1. The van der Waals surface area contributed by atoms with Crippen LogP contribution in [0.4, 0.5) is 16.2 Å². The number of nitro benzene ring substituents is 1. The highest BCUT2D eigenvalue weighted by Crippen LogP contribution is 2.32. The van der Waals surface area contributed by atoms with E-state index in [-0.39, 0.29) is 17.7 Å². The number of nitrogens with zero attached hydrogens (tertiary/aromatic N) is 3. The van der Waals surface area contributed by atoms with E-state index in [0.717, 1.165) is 4.90 Å². The van der Waals surface area contributed by atoms with Crippen molar-refractivity contribution in [2.75, 3.05) is 18.6 Å². The predicted octanol–water partition coefficient (Wildman–Crippen LogP) is 1.15. The van der Waals surface area contributed by atoms with Crippen LogP contribution in [0.2, 0.25) is 0 Å². The third-order valence-corrected chi connectivity index (χ3v) is 3.86. The van der Waals surface area contributed by atoms with Gasteiger partial charge in [-0.1, -0.05) is 0 Å². The normalized spacial score (nSPS) is 24.6. The Bertz CT molecular complexity index is 591. The Balaban J connectivity index is 1.86. The van der Waals surface area contributed by atoms with Crippen LogP contribution in [0.5, 0.6) is 0 Å². The van der Waals surface area contributed by atoms with E-state index in [0.29, 0.717) is 18.7 Å². The molecule has 0 saturated carbocycles. The molecule has 2 unspecified atom stereocenters. The lowest BCUT2D eigenvalue weighted by Gasteiger charge is -2.17. The molecule has 0 N–H and O–H groups in total. The van der Waals surface area contributed by atoms with Gasteiger partial charge in [-0.3, -0.25) is 14.9 Å². The molecule has 2 aliphatic heterocycles. The first-order valence-electron chi connectivity index (χ1n) is 6.44. The smallest absolute Gasteiger partial charge is 0.332 e. The molecule has 8 heteroatoms. The summed E-state index contributed by atoms with van der Waals surface area (Å²) in [4.78, 5) is 37.3. The number of imide groups is 1. The molecule has 110 valence electrons. The largest absolute Gasteiger partial charge is 0.380 e. The van der Waals surface area contributed by atoms with E-state index in [4.69, 9.17) is 4.74 Å². The van der Waals surface area contributed by atoms with Crippen LogP contribution in [-0.4, -0.2) is 47.6 Å². The number of carbonyl (C=O) groups excluding carboxylic acids is 2. The first-order chi connectivity index (χ1) is 10.0. The number of fused-ring (bicyclic) bond motifs is 1. The summed E-state index contributed by atoms with van der Waals surface area (Å²) in [5.41, 5.74) is 0.261. The summed E-state index contributed by atoms with van der Waals surface area (Å²) >= 11 is 0. The van der Waals surface area contributed by atoms with E-state index in [2.05, 4.69) is 0 Å². The number of carbonyl (C=O) groups is 2. The van der Waals surface area contributed by atoms with Gasteiger partial charge in [0.15, 0.2) is 0 Å². The SMILES string of the molecule is COC1CC2C(=O)N(c3ccc([N+](=O)[O-])cc3)C(=O)N2C1. The van der Waals surface area contributed by atoms with E-state index in [1.807, 2.05) is 0 Å². The van der Waals surface area contributed by atoms with Crippen LogP contribution in [0.3, 0.4) is 0 Å². The summed E-state index contributed by atoms with van der Waals surface area (Å²) in [6.45, 7) is 0.384. The van der Waals surface area contributed by atoms with Crippen LogP contribution in [-0.2, 0) is 9.53 Å². The molecule has 0 spiro atoms. The highest BCUT2D eigenvalue weighted by atomic mass is 16.6. The number of ether oxygens (including phenoxy) is 1. The molecule has 2 atom stereocenters. The predicted molar refractivity (Wildman–Crippen MR) is 71.9 cm³/mol. The third-order valence-electron chi connectivity index (χ3n) is 3.86. The molecule has 0 bridgehead atoms. The van der Waals surface area contributed by atoms with Gasteiger partial charge in [0.1, 0.15) is 6.04 Å². The fraction of sp³-hybridized carbons (Fsp3) is 0.385. The van der Waals surface area contributed by atoms with Gasteiger partial charge in [-0.2, -0.15) is 0 Å². The van der Waals surface area contributed by atoms with Gasteiger partial charge in [0.2, 0.25) is 0 Å². The fourth-order valence-corrected chi connectivity index (χ4v) is 2.75. The Morgan fingerprint density at radius 2 is 1.95 bits per heavy atom. The first kappa shape index (κ1) is 13.5. The molecule has 2 heterocycles. The summed E-state index contributed by atoms with van der Waals surface area (Å²) in [7, 11) is 1.55. The maximum atomic E-state index is 12.4. The van der Waals surface area contributed by atoms with E-state index in [9.17, 15) is 19.7 Å². The molecule has 0 aliphatic carbocycles. The van der Waals surface area contributed by atoms with Crippen molar-refractivity contribution < 1.29 is 19.2 Å². The van der Waals surface area contributed by atoms with E-state index in [1.165, 1.54) is 29.2 Å². The van der Waals surface area contributed by atoms with Crippen molar-refractivity contribution in [1.29, 1.82) is 0 Å². The van der Waals surface area contributed by atoms with Gasteiger partial charge in [0.05, 0.1) is 16.7 Å². The van der Waals surface area contributed by atoms with Gasteiger partial charge in [0, 0.05) is 32.2 Å².